The number of halogens is 2. The summed E-state index contributed by atoms with van der Waals surface area (Å²) in [7, 11) is 0. The van der Waals surface area contributed by atoms with Crippen molar-refractivity contribution < 1.29 is 4.39 Å². The number of hydrogen-bond donors (Lipinski definition) is 0. The maximum absolute atomic E-state index is 13.1. The van der Waals surface area contributed by atoms with Crippen LogP contribution in [0.2, 0.25) is 0 Å². The van der Waals surface area contributed by atoms with E-state index in [1.807, 2.05) is 44.3 Å². The van der Waals surface area contributed by atoms with Crippen LogP contribution in [-0.4, -0.2) is 10.8 Å². The standard InChI is InChI=1S/C19H16FIN2/c1-13-11-15(12-22-19-6-4-3-5-18(19)21)14(2)23(13)17-9-7-16(20)8-10-17/h3-12H,1-2H3. The van der Waals surface area contributed by atoms with E-state index in [-0.39, 0.29) is 5.82 Å². The Morgan fingerprint density at radius 3 is 2.43 bits per heavy atom. The Morgan fingerprint density at radius 2 is 1.74 bits per heavy atom. The quantitative estimate of drug-likeness (QED) is 0.390. The highest BCUT2D eigenvalue weighted by Crippen LogP contribution is 2.23. The van der Waals surface area contributed by atoms with E-state index in [4.69, 9.17) is 0 Å². The number of aryl methyl sites for hydroxylation is 1. The summed E-state index contributed by atoms with van der Waals surface area (Å²) in [6.45, 7) is 4.09. The minimum Gasteiger partial charge on any atom is -0.318 e. The van der Waals surface area contributed by atoms with E-state index in [0.29, 0.717) is 0 Å². The van der Waals surface area contributed by atoms with Gasteiger partial charge in [-0.3, -0.25) is 4.99 Å². The maximum Gasteiger partial charge on any atom is 0.123 e. The minimum atomic E-state index is -0.225. The zero-order chi connectivity index (χ0) is 16.4. The van der Waals surface area contributed by atoms with Crippen LogP contribution in [0.5, 0.6) is 0 Å². The fourth-order valence-electron chi connectivity index (χ4n) is 2.60. The Balaban J connectivity index is 1.98. The van der Waals surface area contributed by atoms with Crippen LogP contribution in [0.1, 0.15) is 17.0 Å². The molecule has 0 atom stereocenters. The SMILES string of the molecule is Cc1cc(C=Nc2ccccc2I)c(C)n1-c1ccc(F)cc1. The molecular formula is C19H16FIN2. The summed E-state index contributed by atoms with van der Waals surface area (Å²) < 4.78 is 16.4. The molecule has 0 saturated heterocycles. The van der Waals surface area contributed by atoms with Crippen molar-refractivity contribution in [3.63, 3.8) is 0 Å². The first-order valence-corrected chi connectivity index (χ1v) is 8.37. The van der Waals surface area contributed by atoms with Crippen molar-refractivity contribution >= 4 is 34.5 Å². The molecule has 1 aromatic heterocycles. The minimum absolute atomic E-state index is 0.225. The molecule has 0 spiro atoms. The van der Waals surface area contributed by atoms with Gasteiger partial charge in [-0.05, 0) is 78.9 Å². The summed E-state index contributed by atoms with van der Waals surface area (Å²) in [5.41, 5.74) is 5.16. The third kappa shape index (κ3) is 3.37. The molecule has 0 fully saturated rings. The van der Waals surface area contributed by atoms with Crippen LogP contribution < -0.4 is 0 Å². The first-order chi connectivity index (χ1) is 11.1. The maximum atomic E-state index is 13.1. The molecule has 0 saturated carbocycles. The molecule has 2 nitrogen and oxygen atoms in total. The largest absolute Gasteiger partial charge is 0.318 e. The molecular weight excluding hydrogens is 402 g/mol. The van der Waals surface area contributed by atoms with E-state index >= 15 is 0 Å². The molecule has 0 radical (unpaired) electrons. The van der Waals surface area contributed by atoms with E-state index in [1.165, 1.54) is 12.1 Å². The van der Waals surface area contributed by atoms with Crippen molar-refractivity contribution in [1.82, 2.24) is 4.57 Å². The number of benzene rings is 2. The van der Waals surface area contributed by atoms with Gasteiger partial charge in [0.25, 0.3) is 0 Å². The number of aromatic nitrogens is 1. The van der Waals surface area contributed by atoms with Crippen molar-refractivity contribution in [2.45, 2.75) is 13.8 Å². The Hall–Kier alpha value is -1.95. The second kappa shape index (κ2) is 6.66. The van der Waals surface area contributed by atoms with Gasteiger partial charge in [0.05, 0.1) is 5.69 Å². The van der Waals surface area contributed by atoms with Crippen molar-refractivity contribution in [2.75, 3.05) is 0 Å². The topological polar surface area (TPSA) is 17.3 Å². The molecule has 3 rings (SSSR count). The summed E-state index contributed by atoms with van der Waals surface area (Å²) in [4.78, 5) is 4.59. The van der Waals surface area contributed by atoms with Crippen LogP contribution in [0.3, 0.4) is 0 Å². The molecule has 0 amide bonds. The van der Waals surface area contributed by atoms with Crippen LogP contribution >= 0.6 is 22.6 Å². The first-order valence-electron chi connectivity index (χ1n) is 7.30. The third-order valence-electron chi connectivity index (χ3n) is 3.75. The number of rotatable bonds is 3. The van der Waals surface area contributed by atoms with Crippen LogP contribution in [-0.2, 0) is 0 Å². The van der Waals surface area contributed by atoms with Crippen LogP contribution in [0.15, 0.2) is 59.6 Å². The first kappa shape index (κ1) is 15.9. The highest BCUT2D eigenvalue weighted by Gasteiger charge is 2.09. The molecule has 0 N–H and O–H groups in total. The summed E-state index contributed by atoms with van der Waals surface area (Å²) in [5, 5.41) is 0. The molecule has 3 aromatic rings. The van der Waals surface area contributed by atoms with E-state index < -0.39 is 0 Å². The Bertz CT molecular complexity index is 864. The monoisotopic (exact) mass is 418 g/mol. The highest BCUT2D eigenvalue weighted by atomic mass is 127. The fourth-order valence-corrected chi connectivity index (χ4v) is 3.13. The Morgan fingerprint density at radius 1 is 1.04 bits per heavy atom. The lowest BCUT2D eigenvalue weighted by atomic mass is 10.2. The van der Waals surface area contributed by atoms with Gasteiger partial charge in [-0.25, -0.2) is 4.39 Å². The van der Waals surface area contributed by atoms with Gasteiger partial charge in [0.2, 0.25) is 0 Å². The molecule has 1 heterocycles. The zero-order valence-corrected chi connectivity index (χ0v) is 15.1. The highest BCUT2D eigenvalue weighted by molar-refractivity contribution is 14.1. The second-order valence-electron chi connectivity index (χ2n) is 5.35. The lowest BCUT2D eigenvalue weighted by molar-refractivity contribution is 0.627. The average molecular weight is 418 g/mol. The van der Waals surface area contributed by atoms with Gasteiger partial charge in [-0.1, -0.05) is 12.1 Å². The second-order valence-corrected chi connectivity index (χ2v) is 6.51. The molecule has 0 unspecified atom stereocenters. The predicted octanol–water partition coefficient (Wildman–Crippen LogP) is 5.59. The van der Waals surface area contributed by atoms with Gasteiger partial charge in [0, 0.05) is 32.4 Å². The van der Waals surface area contributed by atoms with Gasteiger partial charge in [-0.15, -0.1) is 0 Å². The number of aliphatic imine (C=N–C) groups is 1. The molecule has 0 aliphatic heterocycles. The van der Waals surface area contributed by atoms with E-state index in [1.54, 1.807) is 12.1 Å². The van der Waals surface area contributed by atoms with E-state index in [0.717, 1.165) is 31.9 Å². The van der Waals surface area contributed by atoms with Crippen LogP contribution in [0, 0.1) is 23.2 Å². The molecule has 23 heavy (non-hydrogen) atoms. The van der Waals surface area contributed by atoms with Gasteiger partial charge in [-0.2, -0.15) is 0 Å². The summed E-state index contributed by atoms with van der Waals surface area (Å²) in [5.74, 6) is -0.225. The van der Waals surface area contributed by atoms with Gasteiger partial charge >= 0.3 is 0 Å². The number of hydrogen-bond acceptors (Lipinski definition) is 1. The summed E-state index contributed by atoms with van der Waals surface area (Å²) >= 11 is 2.28. The number of para-hydroxylation sites is 1. The van der Waals surface area contributed by atoms with Crippen LogP contribution in [0.25, 0.3) is 5.69 Å². The zero-order valence-electron chi connectivity index (χ0n) is 12.9. The molecule has 4 heteroatoms. The van der Waals surface area contributed by atoms with Gasteiger partial charge in [0.1, 0.15) is 5.82 Å². The van der Waals surface area contributed by atoms with Crippen LogP contribution in [0.4, 0.5) is 10.1 Å². The lowest BCUT2D eigenvalue weighted by Gasteiger charge is -2.09. The fraction of sp³-hybridized carbons (Fsp3) is 0.105. The summed E-state index contributed by atoms with van der Waals surface area (Å²) in [6, 6.07) is 16.7. The molecule has 2 aromatic carbocycles. The van der Waals surface area contributed by atoms with Gasteiger partial charge in [0.15, 0.2) is 0 Å². The van der Waals surface area contributed by atoms with Crippen molar-refractivity contribution in [3.8, 4) is 5.69 Å². The smallest absolute Gasteiger partial charge is 0.123 e. The average Bonchev–Trinajstić information content (AvgIpc) is 2.82. The van der Waals surface area contributed by atoms with Gasteiger partial charge < -0.3 is 4.57 Å². The third-order valence-corrected chi connectivity index (χ3v) is 4.66. The molecule has 0 aliphatic carbocycles. The molecule has 0 bridgehead atoms. The molecule has 0 aliphatic rings. The predicted molar refractivity (Wildman–Crippen MR) is 102 cm³/mol. The van der Waals surface area contributed by atoms with E-state index in [2.05, 4.69) is 38.2 Å². The Labute approximate surface area is 148 Å². The normalized spacial score (nSPS) is 11.3. The lowest BCUT2D eigenvalue weighted by Crippen LogP contribution is -1.99. The van der Waals surface area contributed by atoms with E-state index in [9.17, 15) is 4.39 Å². The summed E-state index contributed by atoms with van der Waals surface area (Å²) in [6.07, 6.45) is 1.89. The van der Waals surface area contributed by atoms with Crippen molar-refractivity contribution in [1.29, 1.82) is 0 Å². The number of nitrogens with zero attached hydrogens (tertiary/aromatic N) is 2. The Kier molecular flexibility index (Phi) is 4.61. The van der Waals surface area contributed by atoms with Crippen molar-refractivity contribution in [2.24, 2.45) is 4.99 Å². The molecule has 116 valence electrons. The van der Waals surface area contributed by atoms with Crippen molar-refractivity contribution in [3.05, 3.63) is 80.9 Å².